The molecule has 6 heterocycles. The van der Waals surface area contributed by atoms with E-state index in [1.54, 1.807) is 18.2 Å². The van der Waals surface area contributed by atoms with Crippen LogP contribution in [0.1, 0.15) is 50.5 Å². The highest BCUT2D eigenvalue weighted by Crippen LogP contribution is 2.43. The number of β-lactam (4-membered cyclic amide) rings is 1. The minimum absolute atomic E-state index is 0.00368. The molecular formula is C33H32F4N6O2. The molecule has 234 valence electrons. The molecule has 4 aliphatic heterocycles. The van der Waals surface area contributed by atoms with Gasteiger partial charge in [0.25, 0.3) is 0 Å². The van der Waals surface area contributed by atoms with Crippen molar-refractivity contribution in [2.75, 3.05) is 37.7 Å². The monoisotopic (exact) mass is 620 g/mol. The Hall–Kier alpha value is -4.06. The number of anilines is 1. The molecule has 2 aromatic heterocycles. The lowest BCUT2D eigenvalue weighted by atomic mass is 9.80. The number of nitrogens with zero attached hydrogens (tertiary/aromatic N) is 5. The fourth-order valence-electron chi connectivity index (χ4n) is 8.09. The Morgan fingerprint density at radius 1 is 0.978 bits per heavy atom. The predicted octanol–water partition coefficient (Wildman–Crippen LogP) is 5.87. The van der Waals surface area contributed by atoms with Gasteiger partial charge in [-0.15, -0.1) is 0 Å². The van der Waals surface area contributed by atoms with Crippen molar-refractivity contribution < 1.29 is 27.1 Å². The van der Waals surface area contributed by atoms with Gasteiger partial charge >= 0.3 is 12.2 Å². The van der Waals surface area contributed by atoms with Crippen LogP contribution in [0.25, 0.3) is 32.9 Å². The minimum atomic E-state index is -4.64. The van der Waals surface area contributed by atoms with E-state index in [9.17, 15) is 18.0 Å². The molecule has 45 heavy (non-hydrogen) atoms. The van der Waals surface area contributed by atoms with Gasteiger partial charge in [0.2, 0.25) is 5.91 Å². The molecule has 12 heteroatoms. The van der Waals surface area contributed by atoms with Crippen LogP contribution < -0.4 is 15.0 Å². The maximum Gasteiger partial charge on any atom is 0.417 e. The average molecular weight is 621 g/mol. The molecule has 4 saturated heterocycles. The van der Waals surface area contributed by atoms with Crippen LogP contribution in [-0.4, -0.2) is 69.6 Å². The maximum absolute atomic E-state index is 16.7. The van der Waals surface area contributed by atoms with Gasteiger partial charge in [0.1, 0.15) is 23.6 Å². The molecule has 4 aromatic rings. The Kier molecular flexibility index (Phi) is 6.46. The zero-order valence-electron chi connectivity index (χ0n) is 24.6. The molecule has 0 radical (unpaired) electrons. The molecule has 0 bridgehead atoms. The lowest BCUT2D eigenvalue weighted by molar-refractivity contribution is -0.136. The Bertz CT molecular complexity index is 1820. The third-order valence-corrected chi connectivity index (χ3v) is 10.2. The number of halogens is 4. The van der Waals surface area contributed by atoms with Gasteiger partial charge in [0.15, 0.2) is 5.82 Å². The summed E-state index contributed by atoms with van der Waals surface area (Å²) in [6.07, 6.45) is 3.02. The van der Waals surface area contributed by atoms with Crippen molar-refractivity contribution in [2.45, 2.75) is 62.2 Å². The molecule has 8 nitrogen and oxygen atoms in total. The molecule has 0 saturated carbocycles. The van der Waals surface area contributed by atoms with Crippen LogP contribution in [0.3, 0.4) is 0 Å². The fourth-order valence-corrected chi connectivity index (χ4v) is 8.09. The molecule has 1 N–H and O–H groups in total. The summed E-state index contributed by atoms with van der Waals surface area (Å²) in [4.78, 5) is 30.1. The van der Waals surface area contributed by atoms with Crippen LogP contribution in [0.4, 0.5) is 23.4 Å². The van der Waals surface area contributed by atoms with E-state index in [1.165, 1.54) is 18.3 Å². The number of rotatable bonds is 5. The van der Waals surface area contributed by atoms with Crippen LogP contribution in [0, 0.1) is 5.82 Å². The Balaban J connectivity index is 1.26. The minimum Gasteiger partial charge on any atom is -0.461 e. The van der Waals surface area contributed by atoms with Gasteiger partial charge in [-0.1, -0.05) is 30.3 Å². The molecule has 8 rings (SSSR count). The quantitative estimate of drug-likeness (QED) is 0.221. The molecule has 1 amide bonds. The summed E-state index contributed by atoms with van der Waals surface area (Å²) >= 11 is 0. The van der Waals surface area contributed by atoms with Crippen molar-refractivity contribution in [3.8, 4) is 17.3 Å². The first-order valence-electron chi connectivity index (χ1n) is 15.5. The number of ether oxygens (including phenoxy) is 1. The highest BCUT2D eigenvalue weighted by molar-refractivity contribution is 6.01. The SMILES string of the molecule is O=C1CC2(CCCN(c3nc(OCC45CCCN4CCC5)nc4c(F)c(-c5cccc6cccc(C(F)(F)F)c56)ncc34)C2)N1. The summed E-state index contributed by atoms with van der Waals surface area (Å²) in [6, 6.07) is 8.55. The standard InChI is InChI=1S/C33H32F4N6O2/c34-26-27(21-8-1-6-20-7-2-9-23(25(20)21)33(35,36)37)38-17-22-28(26)39-30(45-19-32-11-4-14-43(32)15-5-12-32)40-29(22)42-13-3-10-31(18-42)16-24(44)41-31/h1-2,6-9,17H,3-5,10-16,18-19H2,(H,41,44). The molecule has 1 spiro atoms. The first-order valence-corrected chi connectivity index (χ1v) is 15.5. The number of fused-ring (bicyclic) bond motifs is 3. The van der Waals surface area contributed by atoms with E-state index in [1.807, 2.05) is 4.90 Å². The van der Waals surface area contributed by atoms with Crippen molar-refractivity contribution >= 4 is 33.4 Å². The van der Waals surface area contributed by atoms with E-state index in [2.05, 4.69) is 20.2 Å². The summed E-state index contributed by atoms with van der Waals surface area (Å²) < 4.78 is 65.3. The van der Waals surface area contributed by atoms with Gasteiger partial charge in [-0.25, -0.2) is 4.39 Å². The van der Waals surface area contributed by atoms with E-state index in [-0.39, 0.29) is 45.2 Å². The number of alkyl halides is 3. The van der Waals surface area contributed by atoms with Gasteiger partial charge in [0.05, 0.1) is 28.4 Å². The molecule has 4 aliphatic rings. The van der Waals surface area contributed by atoms with Crippen molar-refractivity contribution in [1.29, 1.82) is 0 Å². The number of aromatic nitrogens is 3. The third kappa shape index (κ3) is 4.67. The smallest absolute Gasteiger partial charge is 0.417 e. The van der Waals surface area contributed by atoms with Crippen molar-refractivity contribution in [1.82, 2.24) is 25.2 Å². The summed E-state index contributed by atoms with van der Waals surface area (Å²) in [6.45, 7) is 3.52. The van der Waals surface area contributed by atoms with Gasteiger partial charge in [-0.2, -0.15) is 23.1 Å². The second kappa shape index (κ2) is 10.2. The highest BCUT2D eigenvalue weighted by atomic mass is 19.4. The number of hydrogen-bond donors (Lipinski definition) is 1. The molecule has 2 aromatic carbocycles. The Morgan fingerprint density at radius 2 is 1.71 bits per heavy atom. The van der Waals surface area contributed by atoms with E-state index in [0.717, 1.165) is 57.7 Å². The second-order valence-electron chi connectivity index (χ2n) is 13.0. The first-order chi connectivity index (χ1) is 21.6. The van der Waals surface area contributed by atoms with Crippen molar-refractivity contribution in [3.63, 3.8) is 0 Å². The highest BCUT2D eigenvalue weighted by Gasteiger charge is 2.47. The summed E-state index contributed by atoms with van der Waals surface area (Å²) in [5.74, 6) is -0.402. The average Bonchev–Trinajstić information content (AvgIpc) is 3.59. The normalized spacial score (nSPS) is 23.0. The number of benzene rings is 2. The van der Waals surface area contributed by atoms with Crippen LogP contribution >= 0.6 is 0 Å². The van der Waals surface area contributed by atoms with E-state index in [4.69, 9.17) is 9.72 Å². The number of hydrogen-bond acceptors (Lipinski definition) is 7. The number of carbonyl (C=O) groups is 1. The van der Waals surface area contributed by atoms with Gasteiger partial charge < -0.3 is 15.0 Å². The topological polar surface area (TPSA) is 83.5 Å². The zero-order valence-corrected chi connectivity index (χ0v) is 24.6. The number of piperidine rings is 1. The summed E-state index contributed by atoms with van der Waals surface area (Å²) in [5.41, 5.74) is -1.58. The number of pyridine rings is 1. The summed E-state index contributed by atoms with van der Waals surface area (Å²) in [5, 5.41) is 3.59. The number of amides is 1. The van der Waals surface area contributed by atoms with Gasteiger partial charge in [-0.3, -0.25) is 14.7 Å². The van der Waals surface area contributed by atoms with Crippen LogP contribution in [-0.2, 0) is 11.0 Å². The first kappa shape index (κ1) is 28.4. The zero-order chi connectivity index (χ0) is 31.0. The second-order valence-corrected chi connectivity index (χ2v) is 13.0. The molecule has 4 fully saturated rings. The lowest BCUT2D eigenvalue weighted by Crippen LogP contribution is -2.68. The van der Waals surface area contributed by atoms with Gasteiger partial charge in [-0.05, 0) is 63.1 Å². The van der Waals surface area contributed by atoms with Crippen LogP contribution in [0.15, 0.2) is 42.6 Å². The molecule has 1 unspecified atom stereocenters. The lowest BCUT2D eigenvalue weighted by Gasteiger charge is -2.49. The molecular weight excluding hydrogens is 588 g/mol. The number of carbonyl (C=O) groups excluding carboxylic acids is 1. The predicted molar refractivity (Wildman–Crippen MR) is 160 cm³/mol. The Morgan fingerprint density at radius 3 is 2.44 bits per heavy atom. The van der Waals surface area contributed by atoms with E-state index < -0.39 is 17.6 Å². The largest absolute Gasteiger partial charge is 0.461 e. The van der Waals surface area contributed by atoms with Crippen molar-refractivity contribution in [2.24, 2.45) is 0 Å². The van der Waals surface area contributed by atoms with Crippen LogP contribution in [0.2, 0.25) is 0 Å². The Labute approximate surface area is 256 Å². The fraction of sp³-hybridized carbons (Fsp3) is 0.455. The van der Waals surface area contributed by atoms with Gasteiger partial charge in [0, 0.05) is 30.2 Å². The third-order valence-electron chi connectivity index (χ3n) is 10.2. The number of nitrogens with one attached hydrogen (secondary N) is 1. The van der Waals surface area contributed by atoms with E-state index >= 15 is 4.39 Å². The maximum atomic E-state index is 16.7. The summed E-state index contributed by atoms with van der Waals surface area (Å²) in [7, 11) is 0. The van der Waals surface area contributed by atoms with Crippen molar-refractivity contribution in [3.05, 3.63) is 54.0 Å². The van der Waals surface area contributed by atoms with Crippen LogP contribution in [0.5, 0.6) is 6.01 Å². The van der Waals surface area contributed by atoms with E-state index in [0.29, 0.717) is 42.7 Å². The molecule has 1 atom stereocenters. The molecule has 0 aliphatic carbocycles.